The summed E-state index contributed by atoms with van der Waals surface area (Å²) in [5.41, 5.74) is 1.11. The third kappa shape index (κ3) is 8.81. The molecule has 1 aromatic carbocycles. The number of amides is 1. The number of hydrogen-bond donors (Lipinski definition) is 1. The average molecular weight is 364 g/mol. The minimum absolute atomic E-state index is 0.0149. The molecule has 4 nitrogen and oxygen atoms in total. The van der Waals surface area contributed by atoms with Gasteiger partial charge in [0.25, 0.3) is 0 Å². The summed E-state index contributed by atoms with van der Waals surface area (Å²) in [6.07, 6.45) is 1.03. The lowest BCUT2D eigenvalue weighted by Gasteiger charge is -2.31. The Morgan fingerprint density at radius 2 is 1.46 bits per heavy atom. The van der Waals surface area contributed by atoms with Crippen molar-refractivity contribution < 1.29 is 14.3 Å². The molecule has 0 fully saturated rings. The van der Waals surface area contributed by atoms with E-state index in [-0.39, 0.29) is 36.4 Å². The Balaban J connectivity index is 2.78. The van der Waals surface area contributed by atoms with Gasteiger partial charge in [0, 0.05) is 12.3 Å². The van der Waals surface area contributed by atoms with E-state index >= 15 is 0 Å². The van der Waals surface area contributed by atoms with Crippen molar-refractivity contribution in [3.63, 3.8) is 0 Å². The lowest BCUT2D eigenvalue weighted by molar-refractivity contribution is -0.211. The third-order valence-corrected chi connectivity index (χ3v) is 4.10. The topological polar surface area (TPSA) is 47.6 Å². The molecule has 0 bridgehead atoms. The van der Waals surface area contributed by atoms with Gasteiger partial charge in [-0.15, -0.1) is 0 Å². The standard InChI is InChI=1S/C22H37NO3/c1-15(2)13-20(22(25-16(3)4)26-17(5)6)14-21(24)23-18(7)19-11-9-8-10-12-19/h8-12,15-18,20,22H,13-14H2,1-7H3,(H,23,24). The highest BCUT2D eigenvalue weighted by Gasteiger charge is 2.28. The van der Waals surface area contributed by atoms with Crippen molar-refractivity contribution in [3.8, 4) is 0 Å². The lowest BCUT2D eigenvalue weighted by Crippen LogP contribution is -2.37. The first-order valence-corrected chi connectivity index (χ1v) is 9.84. The van der Waals surface area contributed by atoms with E-state index in [1.54, 1.807) is 0 Å². The summed E-state index contributed by atoms with van der Waals surface area (Å²) in [4.78, 5) is 12.7. The van der Waals surface area contributed by atoms with E-state index < -0.39 is 0 Å². The molecular formula is C22H37NO3. The normalized spacial score (nSPS) is 14.3. The molecule has 0 heterocycles. The fourth-order valence-corrected chi connectivity index (χ4v) is 3.05. The minimum atomic E-state index is -0.366. The van der Waals surface area contributed by atoms with Crippen LogP contribution in [-0.4, -0.2) is 24.4 Å². The van der Waals surface area contributed by atoms with E-state index in [0.717, 1.165) is 12.0 Å². The SMILES string of the molecule is CC(C)CC(CC(=O)NC(C)c1ccccc1)C(OC(C)C)OC(C)C. The quantitative estimate of drug-likeness (QED) is 0.557. The summed E-state index contributed by atoms with van der Waals surface area (Å²) in [5.74, 6) is 0.535. The second-order valence-electron chi connectivity index (χ2n) is 8.03. The number of ether oxygens (including phenoxy) is 2. The highest BCUT2D eigenvalue weighted by molar-refractivity contribution is 5.76. The van der Waals surface area contributed by atoms with Crippen LogP contribution in [0.1, 0.15) is 72.9 Å². The molecule has 2 unspecified atom stereocenters. The zero-order valence-electron chi connectivity index (χ0n) is 17.5. The molecule has 0 aromatic heterocycles. The maximum absolute atomic E-state index is 12.7. The molecule has 0 aliphatic rings. The van der Waals surface area contributed by atoms with Crippen LogP contribution in [-0.2, 0) is 14.3 Å². The molecule has 0 spiro atoms. The van der Waals surface area contributed by atoms with Gasteiger partial charge in [-0.05, 0) is 52.5 Å². The Morgan fingerprint density at radius 1 is 0.923 bits per heavy atom. The van der Waals surface area contributed by atoms with Gasteiger partial charge in [-0.25, -0.2) is 0 Å². The van der Waals surface area contributed by atoms with Gasteiger partial charge in [0.15, 0.2) is 6.29 Å². The van der Waals surface area contributed by atoms with Crippen LogP contribution in [0.4, 0.5) is 0 Å². The van der Waals surface area contributed by atoms with Crippen molar-refractivity contribution in [2.24, 2.45) is 11.8 Å². The first-order chi connectivity index (χ1) is 12.2. The van der Waals surface area contributed by atoms with Crippen LogP contribution in [0.2, 0.25) is 0 Å². The molecule has 26 heavy (non-hydrogen) atoms. The summed E-state index contributed by atoms with van der Waals surface area (Å²) in [5, 5.41) is 3.11. The van der Waals surface area contributed by atoms with Gasteiger partial charge in [-0.3, -0.25) is 4.79 Å². The van der Waals surface area contributed by atoms with Crippen LogP contribution in [0.5, 0.6) is 0 Å². The summed E-state index contributed by atoms with van der Waals surface area (Å²) < 4.78 is 12.0. The fraction of sp³-hybridized carbons (Fsp3) is 0.682. The smallest absolute Gasteiger partial charge is 0.220 e. The Bertz CT molecular complexity index is 503. The Hall–Kier alpha value is -1.39. The van der Waals surface area contributed by atoms with Crippen LogP contribution in [0.25, 0.3) is 0 Å². The van der Waals surface area contributed by atoms with Crippen LogP contribution >= 0.6 is 0 Å². The summed E-state index contributed by atoms with van der Waals surface area (Å²) >= 11 is 0. The first kappa shape index (κ1) is 22.7. The Labute approximate surface area is 159 Å². The highest BCUT2D eigenvalue weighted by atomic mass is 16.7. The largest absolute Gasteiger partial charge is 0.350 e. The van der Waals surface area contributed by atoms with Gasteiger partial charge < -0.3 is 14.8 Å². The van der Waals surface area contributed by atoms with Gasteiger partial charge in [0.1, 0.15) is 0 Å². The maximum Gasteiger partial charge on any atom is 0.220 e. The predicted octanol–water partition coefficient (Wildman–Crippen LogP) is 5.09. The summed E-state index contributed by atoms with van der Waals surface area (Å²) in [6, 6.07) is 10.0. The maximum atomic E-state index is 12.7. The van der Waals surface area contributed by atoms with Gasteiger partial charge in [-0.1, -0.05) is 44.2 Å². The van der Waals surface area contributed by atoms with Crippen LogP contribution in [0.15, 0.2) is 30.3 Å². The Kier molecular flexibility index (Phi) is 9.89. The molecule has 0 radical (unpaired) electrons. The van der Waals surface area contributed by atoms with Crippen molar-refractivity contribution in [3.05, 3.63) is 35.9 Å². The van der Waals surface area contributed by atoms with Gasteiger partial charge in [0.05, 0.1) is 18.2 Å². The van der Waals surface area contributed by atoms with E-state index in [0.29, 0.717) is 12.3 Å². The van der Waals surface area contributed by atoms with Crippen molar-refractivity contribution in [2.45, 2.75) is 85.8 Å². The molecular weight excluding hydrogens is 326 g/mol. The van der Waals surface area contributed by atoms with Gasteiger partial charge in [0.2, 0.25) is 5.91 Å². The summed E-state index contributed by atoms with van der Waals surface area (Å²) in [6.45, 7) is 14.3. The summed E-state index contributed by atoms with van der Waals surface area (Å²) in [7, 11) is 0. The van der Waals surface area contributed by atoms with Crippen molar-refractivity contribution in [1.29, 1.82) is 0 Å². The minimum Gasteiger partial charge on any atom is -0.350 e. The predicted molar refractivity (Wildman–Crippen MR) is 107 cm³/mol. The van der Waals surface area contributed by atoms with E-state index in [1.165, 1.54) is 0 Å². The second kappa shape index (κ2) is 11.3. The zero-order chi connectivity index (χ0) is 19.7. The van der Waals surface area contributed by atoms with Crippen molar-refractivity contribution in [1.82, 2.24) is 5.32 Å². The molecule has 1 N–H and O–H groups in total. The molecule has 2 atom stereocenters. The molecule has 0 aliphatic heterocycles. The van der Waals surface area contributed by atoms with Gasteiger partial charge in [-0.2, -0.15) is 0 Å². The number of benzene rings is 1. The zero-order valence-corrected chi connectivity index (χ0v) is 17.5. The monoisotopic (exact) mass is 363 g/mol. The van der Waals surface area contributed by atoms with E-state index in [1.807, 2.05) is 65.0 Å². The van der Waals surface area contributed by atoms with Crippen molar-refractivity contribution in [2.75, 3.05) is 0 Å². The number of rotatable bonds is 11. The average Bonchev–Trinajstić information content (AvgIpc) is 2.53. The second-order valence-corrected chi connectivity index (χ2v) is 8.03. The number of nitrogens with one attached hydrogen (secondary N) is 1. The highest BCUT2D eigenvalue weighted by Crippen LogP contribution is 2.25. The lowest BCUT2D eigenvalue weighted by atomic mass is 9.92. The van der Waals surface area contributed by atoms with Crippen molar-refractivity contribution >= 4 is 5.91 Å². The number of carbonyl (C=O) groups excluding carboxylic acids is 1. The molecule has 1 rings (SSSR count). The third-order valence-electron chi connectivity index (χ3n) is 4.10. The van der Waals surface area contributed by atoms with Gasteiger partial charge >= 0.3 is 0 Å². The number of carbonyl (C=O) groups is 1. The molecule has 0 saturated heterocycles. The molecule has 0 aliphatic carbocycles. The Morgan fingerprint density at radius 3 is 1.92 bits per heavy atom. The number of hydrogen-bond acceptors (Lipinski definition) is 3. The van der Waals surface area contributed by atoms with Crippen LogP contribution < -0.4 is 5.32 Å². The van der Waals surface area contributed by atoms with E-state index in [2.05, 4.69) is 19.2 Å². The van der Waals surface area contributed by atoms with Crippen LogP contribution in [0.3, 0.4) is 0 Å². The molecule has 4 heteroatoms. The van der Waals surface area contributed by atoms with Crippen LogP contribution in [0, 0.1) is 11.8 Å². The molecule has 0 saturated carbocycles. The molecule has 1 amide bonds. The first-order valence-electron chi connectivity index (χ1n) is 9.84. The molecule has 148 valence electrons. The van der Waals surface area contributed by atoms with E-state index in [4.69, 9.17) is 9.47 Å². The fourth-order valence-electron chi connectivity index (χ4n) is 3.05. The van der Waals surface area contributed by atoms with E-state index in [9.17, 15) is 4.79 Å². The molecule has 1 aromatic rings.